The fourth-order valence-corrected chi connectivity index (χ4v) is 2.69. The summed E-state index contributed by atoms with van der Waals surface area (Å²) in [7, 11) is 0. The average Bonchev–Trinajstić information content (AvgIpc) is 2.92. The molecule has 0 aliphatic rings. The summed E-state index contributed by atoms with van der Waals surface area (Å²) in [6.07, 6.45) is 0.595. The van der Waals surface area contributed by atoms with Crippen LogP contribution in [-0.2, 0) is 6.42 Å². The molecule has 2 aromatic heterocycles. The van der Waals surface area contributed by atoms with Gasteiger partial charge in [0.1, 0.15) is 6.07 Å². The van der Waals surface area contributed by atoms with Gasteiger partial charge in [0.05, 0.1) is 11.3 Å². The molecular formula is C14H10BrN5O. The largest absolute Gasteiger partial charge is 0.396 e. The molecule has 2 N–H and O–H groups in total. The van der Waals surface area contributed by atoms with E-state index in [1.54, 1.807) is 6.07 Å². The van der Waals surface area contributed by atoms with Crippen molar-refractivity contribution in [3.63, 3.8) is 0 Å². The van der Waals surface area contributed by atoms with Crippen LogP contribution in [-0.4, -0.2) is 15.3 Å². The first kappa shape index (κ1) is 13.5. The second kappa shape index (κ2) is 5.14. The van der Waals surface area contributed by atoms with Gasteiger partial charge in [-0.2, -0.15) is 5.26 Å². The van der Waals surface area contributed by atoms with Gasteiger partial charge in [0.25, 0.3) is 0 Å². The molecule has 1 aromatic carbocycles. The third-order valence-electron chi connectivity index (χ3n) is 3.30. The Bertz CT molecular complexity index is 881. The highest BCUT2D eigenvalue weighted by Crippen LogP contribution is 2.27. The number of anilines is 1. The van der Waals surface area contributed by atoms with Gasteiger partial charge in [0.15, 0.2) is 5.52 Å². The smallest absolute Gasteiger partial charge is 0.226 e. The van der Waals surface area contributed by atoms with Crippen LogP contribution in [0, 0.1) is 18.3 Å². The molecule has 0 aliphatic heterocycles. The van der Waals surface area contributed by atoms with Gasteiger partial charge in [0, 0.05) is 22.2 Å². The summed E-state index contributed by atoms with van der Waals surface area (Å²) in [4.78, 5) is 4.34. The molecule has 0 fully saturated rings. The number of hydrogen-bond acceptors (Lipinski definition) is 6. The Balaban J connectivity index is 2.05. The second-order valence-corrected chi connectivity index (χ2v) is 5.48. The third-order valence-corrected chi connectivity index (χ3v) is 3.95. The molecule has 6 nitrogen and oxygen atoms in total. The van der Waals surface area contributed by atoms with Crippen LogP contribution in [0.5, 0.6) is 0 Å². The van der Waals surface area contributed by atoms with Gasteiger partial charge in [-0.05, 0) is 50.9 Å². The monoisotopic (exact) mass is 343 g/mol. The van der Waals surface area contributed by atoms with Crippen molar-refractivity contribution in [3.8, 4) is 6.07 Å². The summed E-state index contributed by atoms with van der Waals surface area (Å²) < 4.78 is 5.43. The summed E-state index contributed by atoms with van der Waals surface area (Å²) in [5.74, 6) is 0. The zero-order chi connectivity index (χ0) is 15.0. The van der Waals surface area contributed by atoms with E-state index in [-0.39, 0.29) is 0 Å². The number of hydrogen-bond donors (Lipinski definition) is 1. The zero-order valence-electron chi connectivity index (χ0n) is 11.1. The quantitative estimate of drug-likeness (QED) is 0.767. The van der Waals surface area contributed by atoms with E-state index in [1.807, 2.05) is 19.1 Å². The van der Waals surface area contributed by atoms with Crippen LogP contribution in [0.2, 0.25) is 0 Å². The zero-order valence-corrected chi connectivity index (χ0v) is 12.7. The van der Waals surface area contributed by atoms with Gasteiger partial charge in [-0.3, -0.25) is 0 Å². The maximum absolute atomic E-state index is 8.95. The van der Waals surface area contributed by atoms with Crippen LogP contribution in [0.3, 0.4) is 0 Å². The third kappa shape index (κ3) is 2.34. The van der Waals surface area contributed by atoms with E-state index in [4.69, 9.17) is 11.0 Å². The molecule has 3 aromatic rings. The molecule has 0 radical (unpaired) electrons. The Morgan fingerprint density at radius 2 is 2.19 bits per heavy atom. The molecular weight excluding hydrogens is 334 g/mol. The number of nitriles is 1. The lowest BCUT2D eigenvalue weighted by atomic mass is 10.0. The summed E-state index contributed by atoms with van der Waals surface area (Å²) in [5.41, 5.74) is 10.8. The van der Waals surface area contributed by atoms with Crippen LogP contribution in [0.25, 0.3) is 11.2 Å². The van der Waals surface area contributed by atoms with Crippen LogP contribution >= 0.6 is 15.9 Å². The Morgan fingerprint density at radius 3 is 2.90 bits per heavy atom. The predicted molar refractivity (Wildman–Crippen MR) is 80.4 cm³/mol. The van der Waals surface area contributed by atoms with E-state index in [9.17, 15) is 0 Å². The second-order valence-electron chi connectivity index (χ2n) is 4.63. The first-order valence-electron chi connectivity index (χ1n) is 6.16. The molecule has 104 valence electrons. The molecule has 0 unspecified atom stereocenters. The standard InChI is InChI=1S/C14H10BrN5O/c1-7-10(12(17)13-14(18-7)20-21-19-13)4-8-2-3-9(6-16)11(15)5-8/h2-3,5H,4,17H2,1H3. The topological polar surface area (TPSA) is 102 Å². The van der Waals surface area contributed by atoms with Crippen LogP contribution in [0.4, 0.5) is 5.69 Å². The van der Waals surface area contributed by atoms with Crippen LogP contribution < -0.4 is 5.73 Å². The molecule has 3 rings (SSSR count). The van der Waals surface area contributed by atoms with Gasteiger partial charge in [-0.1, -0.05) is 6.07 Å². The van der Waals surface area contributed by atoms with Crippen molar-refractivity contribution in [1.82, 2.24) is 15.3 Å². The molecule has 0 amide bonds. The Hall–Kier alpha value is -2.46. The van der Waals surface area contributed by atoms with Crippen LogP contribution in [0.15, 0.2) is 27.3 Å². The lowest BCUT2D eigenvalue weighted by Crippen LogP contribution is -2.02. The first-order valence-corrected chi connectivity index (χ1v) is 6.95. The number of nitrogen functional groups attached to an aromatic ring is 1. The summed E-state index contributed by atoms with van der Waals surface area (Å²) in [6, 6.07) is 7.69. The van der Waals surface area contributed by atoms with Gasteiger partial charge in [0.2, 0.25) is 5.65 Å². The molecule has 7 heteroatoms. The fraction of sp³-hybridized carbons (Fsp3) is 0.143. The van der Waals surface area contributed by atoms with Crippen molar-refractivity contribution >= 4 is 32.8 Å². The summed E-state index contributed by atoms with van der Waals surface area (Å²) in [5, 5.41) is 16.4. The molecule has 0 bridgehead atoms. The molecule has 0 aliphatic carbocycles. The maximum atomic E-state index is 8.95. The predicted octanol–water partition coefficient (Wildman–Crippen LogP) is 2.73. The van der Waals surface area contributed by atoms with Crippen molar-refractivity contribution in [2.75, 3.05) is 5.73 Å². The van der Waals surface area contributed by atoms with Crippen molar-refractivity contribution < 1.29 is 4.63 Å². The molecule has 0 spiro atoms. The number of benzene rings is 1. The highest BCUT2D eigenvalue weighted by Gasteiger charge is 2.15. The molecule has 0 atom stereocenters. The van der Waals surface area contributed by atoms with Gasteiger partial charge >= 0.3 is 0 Å². The van der Waals surface area contributed by atoms with E-state index in [2.05, 4.69) is 41.9 Å². The first-order chi connectivity index (χ1) is 10.1. The van der Waals surface area contributed by atoms with E-state index in [0.717, 1.165) is 21.3 Å². The van der Waals surface area contributed by atoms with Gasteiger partial charge < -0.3 is 5.73 Å². The Labute approximate surface area is 128 Å². The number of pyridine rings is 1. The van der Waals surface area contributed by atoms with Crippen LogP contribution in [0.1, 0.15) is 22.4 Å². The molecule has 0 saturated heterocycles. The SMILES string of the molecule is Cc1nc2nonc2c(N)c1Cc1ccc(C#N)c(Br)c1. The average molecular weight is 344 g/mol. The highest BCUT2D eigenvalue weighted by atomic mass is 79.9. The van der Waals surface area contributed by atoms with Crippen molar-refractivity contribution in [1.29, 1.82) is 5.26 Å². The normalized spacial score (nSPS) is 10.7. The molecule has 0 saturated carbocycles. The Kier molecular flexibility index (Phi) is 3.31. The van der Waals surface area contributed by atoms with Crippen molar-refractivity contribution in [2.24, 2.45) is 0 Å². The minimum Gasteiger partial charge on any atom is -0.396 e. The number of halogens is 1. The lowest BCUT2D eigenvalue weighted by molar-refractivity contribution is 0.315. The van der Waals surface area contributed by atoms with E-state index < -0.39 is 0 Å². The summed E-state index contributed by atoms with van der Waals surface area (Å²) in [6.45, 7) is 1.87. The van der Waals surface area contributed by atoms with E-state index >= 15 is 0 Å². The minimum atomic E-state index is 0.412. The van der Waals surface area contributed by atoms with Gasteiger partial charge in [-0.15, -0.1) is 0 Å². The number of aromatic nitrogens is 3. The number of fused-ring (bicyclic) bond motifs is 1. The highest BCUT2D eigenvalue weighted by molar-refractivity contribution is 9.10. The van der Waals surface area contributed by atoms with E-state index in [0.29, 0.717) is 28.8 Å². The molecule has 2 heterocycles. The molecule has 21 heavy (non-hydrogen) atoms. The number of aryl methyl sites for hydroxylation is 1. The maximum Gasteiger partial charge on any atom is 0.226 e. The lowest BCUT2D eigenvalue weighted by Gasteiger charge is -2.09. The number of nitrogens with two attached hydrogens (primary N) is 1. The number of rotatable bonds is 2. The van der Waals surface area contributed by atoms with Crippen molar-refractivity contribution in [2.45, 2.75) is 13.3 Å². The van der Waals surface area contributed by atoms with Gasteiger partial charge in [-0.25, -0.2) is 9.61 Å². The summed E-state index contributed by atoms with van der Waals surface area (Å²) >= 11 is 3.38. The Morgan fingerprint density at radius 1 is 1.38 bits per heavy atom. The fourth-order valence-electron chi connectivity index (χ4n) is 2.18. The number of nitrogens with zero attached hydrogens (tertiary/aromatic N) is 4. The van der Waals surface area contributed by atoms with Crippen molar-refractivity contribution in [3.05, 3.63) is 45.1 Å². The van der Waals surface area contributed by atoms with E-state index in [1.165, 1.54) is 0 Å². The minimum absolute atomic E-state index is 0.412.